The van der Waals surface area contributed by atoms with Crippen molar-refractivity contribution in [2.75, 3.05) is 25.0 Å². The van der Waals surface area contributed by atoms with Crippen LogP contribution in [0.5, 0.6) is 0 Å². The number of pyridine rings is 1. The number of anilines is 1. The maximum absolute atomic E-state index is 12.9. The summed E-state index contributed by atoms with van der Waals surface area (Å²) in [6.45, 7) is 2.98. The van der Waals surface area contributed by atoms with Crippen LogP contribution in [0.2, 0.25) is 0 Å². The zero-order chi connectivity index (χ0) is 17.6. The van der Waals surface area contributed by atoms with Crippen LogP contribution in [0.15, 0.2) is 42.6 Å². The van der Waals surface area contributed by atoms with Crippen molar-refractivity contribution < 1.29 is 9.18 Å². The highest BCUT2D eigenvalue weighted by atomic mass is 19.1. The van der Waals surface area contributed by atoms with E-state index in [-0.39, 0.29) is 11.8 Å². The van der Waals surface area contributed by atoms with E-state index in [0.717, 1.165) is 30.0 Å². The van der Waals surface area contributed by atoms with Gasteiger partial charge in [0.15, 0.2) is 0 Å². The Morgan fingerprint density at radius 1 is 1.20 bits per heavy atom. The molecule has 1 aliphatic rings. The van der Waals surface area contributed by atoms with Crippen LogP contribution in [-0.2, 0) is 13.1 Å². The number of hydrogen-bond acceptors (Lipinski definition) is 3. The van der Waals surface area contributed by atoms with Crippen molar-refractivity contribution in [2.45, 2.75) is 25.9 Å². The fourth-order valence-electron chi connectivity index (χ4n) is 2.94. The van der Waals surface area contributed by atoms with Gasteiger partial charge in [-0.25, -0.2) is 14.2 Å². The van der Waals surface area contributed by atoms with Crippen LogP contribution in [0.3, 0.4) is 0 Å². The minimum Gasteiger partial charge on any atom is -0.357 e. The lowest BCUT2D eigenvalue weighted by Gasteiger charge is -2.19. The number of urea groups is 1. The van der Waals surface area contributed by atoms with E-state index in [4.69, 9.17) is 0 Å². The second-order valence-electron chi connectivity index (χ2n) is 6.36. The molecule has 0 atom stereocenters. The van der Waals surface area contributed by atoms with Gasteiger partial charge in [-0.05, 0) is 48.2 Å². The van der Waals surface area contributed by atoms with Crippen LogP contribution in [0.4, 0.5) is 15.0 Å². The number of aromatic nitrogens is 1. The van der Waals surface area contributed by atoms with Crippen molar-refractivity contribution >= 4 is 11.8 Å². The lowest BCUT2D eigenvalue weighted by molar-refractivity contribution is 0.206. The highest BCUT2D eigenvalue weighted by Gasteiger charge is 2.14. The van der Waals surface area contributed by atoms with Crippen LogP contribution < -0.4 is 10.2 Å². The molecule has 1 aliphatic heterocycles. The molecule has 2 aromatic rings. The van der Waals surface area contributed by atoms with Crippen LogP contribution in [-0.4, -0.2) is 36.1 Å². The lowest BCUT2D eigenvalue weighted by atomic mass is 10.2. The zero-order valence-electron chi connectivity index (χ0n) is 14.4. The van der Waals surface area contributed by atoms with Gasteiger partial charge in [0.2, 0.25) is 0 Å². The molecular weight excluding hydrogens is 319 g/mol. The van der Waals surface area contributed by atoms with Crippen molar-refractivity contribution in [3.05, 3.63) is 59.5 Å². The monoisotopic (exact) mass is 342 g/mol. The summed E-state index contributed by atoms with van der Waals surface area (Å²) >= 11 is 0. The Kier molecular flexibility index (Phi) is 5.48. The normalized spacial score (nSPS) is 13.8. The number of amides is 2. The number of carbonyl (C=O) groups is 1. The quantitative estimate of drug-likeness (QED) is 0.908. The average Bonchev–Trinajstić information content (AvgIpc) is 3.16. The third-order valence-electron chi connectivity index (χ3n) is 4.36. The largest absolute Gasteiger partial charge is 0.357 e. The first-order valence-corrected chi connectivity index (χ1v) is 8.55. The molecule has 1 fully saturated rings. The Morgan fingerprint density at radius 3 is 2.64 bits per heavy atom. The Labute approximate surface area is 147 Å². The molecule has 1 saturated heterocycles. The van der Waals surface area contributed by atoms with Gasteiger partial charge >= 0.3 is 6.03 Å². The smallest absolute Gasteiger partial charge is 0.317 e. The molecule has 5 nitrogen and oxygen atoms in total. The first-order valence-electron chi connectivity index (χ1n) is 8.55. The van der Waals surface area contributed by atoms with Gasteiger partial charge in [0.1, 0.15) is 11.6 Å². The highest BCUT2D eigenvalue weighted by molar-refractivity contribution is 5.73. The van der Waals surface area contributed by atoms with Gasteiger partial charge < -0.3 is 15.1 Å². The Hall–Kier alpha value is -2.63. The predicted octanol–water partition coefficient (Wildman–Crippen LogP) is 3.16. The number of nitrogens with one attached hydrogen (secondary N) is 1. The van der Waals surface area contributed by atoms with E-state index in [0.29, 0.717) is 13.1 Å². The molecule has 1 aromatic carbocycles. The van der Waals surface area contributed by atoms with Crippen LogP contribution >= 0.6 is 0 Å². The van der Waals surface area contributed by atoms with Gasteiger partial charge in [0.05, 0.1) is 0 Å². The van der Waals surface area contributed by atoms with Crippen molar-refractivity contribution in [3.63, 3.8) is 0 Å². The minimum absolute atomic E-state index is 0.163. The topological polar surface area (TPSA) is 48.5 Å². The maximum atomic E-state index is 12.9. The molecule has 0 spiro atoms. The second kappa shape index (κ2) is 7.96. The fraction of sp³-hybridized carbons (Fsp3) is 0.368. The summed E-state index contributed by atoms with van der Waals surface area (Å²) < 4.78 is 12.9. The minimum atomic E-state index is -0.276. The van der Waals surface area contributed by atoms with Crippen molar-refractivity contribution in [2.24, 2.45) is 0 Å². The van der Waals surface area contributed by atoms with Crippen LogP contribution in [0.25, 0.3) is 0 Å². The highest BCUT2D eigenvalue weighted by Crippen LogP contribution is 2.18. The average molecular weight is 342 g/mol. The molecule has 3 rings (SSSR count). The number of carbonyl (C=O) groups excluding carboxylic acids is 1. The molecule has 0 radical (unpaired) electrons. The molecule has 0 saturated carbocycles. The number of hydrogen-bond donors (Lipinski definition) is 1. The van der Waals surface area contributed by atoms with Gasteiger partial charge in [-0.2, -0.15) is 0 Å². The Morgan fingerprint density at radius 2 is 1.92 bits per heavy atom. The number of rotatable bonds is 5. The summed E-state index contributed by atoms with van der Waals surface area (Å²) in [6, 6.07) is 9.96. The molecule has 6 heteroatoms. The summed E-state index contributed by atoms with van der Waals surface area (Å²) in [5.41, 5.74) is 1.92. The fourth-order valence-corrected chi connectivity index (χ4v) is 2.94. The molecule has 2 heterocycles. The standard InChI is InChI=1S/C19H23FN4O/c1-23(14-15-4-6-17(20)7-5-15)19(25)22-13-16-8-9-21-18(12-16)24-10-2-3-11-24/h4-9,12H,2-3,10-11,13-14H2,1H3,(H,22,25). The summed E-state index contributed by atoms with van der Waals surface area (Å²) in [6.07, 6.45) is 4.20. The second-order valence-corrected chi connectivity index (χ2v) is 6.36. The van der Waals surface area contributed by atoms with E-state index < -0.39 is 0 Å². The van der Waals surface area contributed by atoms with Gasteiger partial charge in [0.25, 0.3) is 0 Å². The predicted molar refractivity (Wildman–Crippen MR) is 95.8 cm³/mol. The lowest BCUT2D eigenvalue weighted by Crippen LogP contribution is -2.36. The van der Waals surface area contributed by atoms with Gasteiger partial charge in [-0.3, -0.25) is 0 Å². The SMILES string of the molecule is CN(Cc1ccc(F)cc1)C(=O)NCc1ccnc(N2CCCC2)c1. The zero-order valence-corrected chi connectivity index (χ0v) is 14.4. The summed E-state index contributed by atoms with van der Waals surface area (Å²) in [5, 5.41) is 2.91. The van der Waals surface area contributed by atoms with Crippen LogP contribution in [0.1, 0.15) is 24.0 Å². The van der Waals surface area contributed by atoms with Crippen molar-refractivity contribution in [1.29, 1.82) is 0 Å². The van der Waals surface area contributed by atoms with Crippen LogP contribution in [0, 0.1) is 5.82 Å². The van der Waals surface area contributed by atoms with E-state index in [1.165, 1.54) is 25.0 Å². The van der Waals surface area contributed by atoms with E-state index in [1.54, 1.807) is 30.3 Å². The number of halogens is 1. The molecule has 25 heavy (non-hydrogen) atoms. The molecule has 0 aliphatic carbocycles. The summed E-state index contributed by atoms with van der Waals surface area (Å²) in [7, 11) is 1.72. The molecule has 1 N–H and O–H groups in total. The molecule has 1 aromatic heterocycles. The first kappa shape index (κ1) is 17.2. The Bertz CT molecular complexity index is 714. The molecule has 0 bridgehead atoms. The van der Waals surface area contributed by atoms with E-state index in [2.05, 4.69) is 15.2 Å². The molecular formula is C19H23FN4O. The third-order valence-corrected chi connectivity index (χ3v) is 4.36. The molecule has 2 amide bonds. The third kappa shape index (κ3) is 4.68. The first-order chi connectivity index (χ1) is 12.1. The maximum Gasteiger partial charge on any atom is 0.317 e. The van der Waals surface area contributed by atoms with E-state index in [9.17, 15) is 9.18 Å². The van der Waals surface area contributed by atoms with Gasteiger partial charge in [0, 0.05) is 39.4 Å². The number of nitrogens with zero attached hydrogens (tertiary/aromatic N) is 3. The van der Waals surface area contributed by atoms with Crippen molar-refractivity contribution in [1.82, 2.24) is 15.2 Å². The van der Waals surface area contributed by atoms with E-state index in [1.807, 2.05) is 12.1 Å². The summed E-state index contributed by atoms with van der Waals surface area (Å²) in [5.74, 6) is 0.700. The Balaban J connectivity index is 1.52. The number of benzene rings is 1. The van der Waals surface area contributed by atoms with Crippen molar-refractivity contribution in [3.8, 4) is 0 Å². The van der Waals surface area contributed by atoms with Gasteiger partial charge in [-0.1, -0.05) is 12.1 Å². The summed E-state index contributed by atoms with van der Waals surface area (Å²) in [4.78, 5) is 20.5. The van der Waals surface area contributed by atoms with Gasteiger partial charge in [-0.15, -0.1) is 0 Å². The molecule has 0 unspecified atom stereocenters. The van der Waals surface area contributed by atoms with E-state index >= 15 is 0 Å². The molecule has 132 valence electrons.